The molecule has 1 rings (SSSR count). The Morgan fingerprint density at radius 2 is 2.13 bits per heavy atom. The van der Waals surface area contributed by atoms with E-state index in [1.54, 1.807) is 0 Å². The molecule has 1 N–H and O–H groups in total. The molecule has 0 aromatic carbocycles. The second kappa shape index (κ2) is 5.82. The SMILES string of the molecule is CCCS(=O)(=O)CCNC1CCN(C)C1. The molecule has 0 saturated carbocycles. The highest BCUT2D eigenvalue weighted by Crippen LogP contribution is 2.05. The fourth-order valence-corrected chi connectivity index (χ4v) is 3.19. The molecule has 0 aliphatic carbocycles. The maximum atomic E-state index is 11.4. The Kier molecular flexibility index (Phi) is 5.02. The van der Waals surface area contributed by atoms with Gasteiger partial charge in [0, 0.05) is 24.9 Å². The third-order valence-corrected chi connectivity index (χ3v) is 4.61. The highest BCUT2D eigenvalue weighted by molar-refractivity contribution is 7.91. The summed E-state index contributed by atoms with van der Waals surface area (Å²) in [6.07, 6.45) is 1.85. The first kappa shape index (κ1) is 12.9. The molecular weight excluding hydrogens is 212 g/mol. The minimum atomic E-state index is -2.81. The number of rotatable bonds is 6. The first-order chi connectivity index (χ1) is 7.03. The Hall–Kier alpha value is -0.130. The minimum absolute atomic E-state index is 0.279. The lowest BCUT2D eigenvalue weighted by Crippen LogP contribution is -2.35. The molecule has 1 saturated heterocycles. The second-order valence-corrected chi connectivity index (χ2v) is 6.66. The van der Waals surface area contributed by atoms with Crippen molar-refractivity contribution in [2.24, 2.45) is 0 Å². The van der Waals surface area contributed by atoms with Crippen LogP contribution in [0.25, 0.3) is 0 Å². The Morgan fingerprint density at radius 3 is 2.67 bits per heavy atom. The van der Waals surface area contributed by atoms with Crippen molar-refractivity contribution in [2.75, 3.05) is 38.2 Å². The number of likely N-dealkylation sites (tertiary alicyclic amines) is 1. The van der Waals surface area contributed by atoms with Crippen molar-refractivity contribution in [1.82, 2.24) is 10.2 Å². The molecule has 1 heterocycles. The Labute approximate surface area is 93.0 Å². The van der Waals surface area contributed by atoms with Crippen molar-refractivity contribution in [3.05, 3.63) is 0 Å². The normalized spacial score (nSPS) is 23.5. The van der Waals surface area contributed by atoms with Crippen LogP contribution in [0.2, 0.25) is 0 Å². The van der Waals surface area contributed by atoms with Gasteiger partial charge in [-0.3, -0.25) is 0 Å². The van der Waals surface area contributed by atoms with E-state index >= 15 is 0 Å². The summed E-state index contributed by atoms with van der Waals surface area (Å²) in [7, 11) is -0.720. The van der Waals surface area contributed by atoms with Crippen LogP contribution in [0.1, 0.15) is 19.8 Å². The van der Waals surface area contributed by atoms with E-state index in [0.717, 1.165) is 19.5 Å². The smallest absolute Gasteiger partial charge is 0.151 e. The van der Waals surface area contributed by atoms with Crippen molar-refractivity contribution in [1.29, 1.82) is 0 Å². The quantitative estimate of drug-likeness (QED) is 0.708. The van der Waals surface area contributed by atoms with E-state index in [9.17, 15) is 8.42 Å². The zero-order chi connectivity index (χ0) is 11.3. The van der Waals surface area contributed by atoms with Crippen LogP contribution < -0.4 is 5.32 Å². The molecule has 1 aliphatic heterocycles. The average molecular weight is 234 g/mol. The van der Waals surface area contributed by atoms with Crippen LogP contribution in [0.3, 0.4) is 0 Å². The number of hydrogen-bond donors (Lipinski definition) is 1. The predicted octanol–water partition coefficient (Wildman–Crippen LogP) is 0.105. The first-order valence-electron chi connectivity index (χ1n) is 5.66. The van der Waals surface area contributed by atoms with Crippen molar-refractivity contribution in [3.8, 4) is 0 Å². The van der Waals surface area contributed by atoms with Gasteiger partial charge >= 0.3 is 0 Å². The molecule has 0 radical (unpaired) electrons. The molecule has 15 heavy (non-hydrogen) atoms. The standard InChI is InChI=1S/C10H22N2O2S/c1-3-7-15(13,14)8-5-11-10-4-6-12(2)9-10/h10-11H,3-9H2,1-2H3. The van der Waals surface area contributed by atoms with Gasteiger partial charge < -0.3 is 10.2 Å². The third-order valence-electron chi connectivity index (χ3n) is 2.75. The lowest BCUT2D eigenvalue weighted by atomic mass is 10.3. The van der Waals surface area contributed by atoms with Gasteiger partial charge in [0.1, 0.15) is 0 Å². The number of sulfone groups is 1. The Bertz CT molecular complexity index is 277. The summed E-state index contributed by atoms with van der Waals surface area (Å²) in [6.45, 7) is 4.64. The van der Waals surface area contributed by atoms with Gasteiger partial charge in [0.05, 0.1) is 5.75 Å². The molecule has 4 nitrogen and oxygen atoms in total. The monoisotopic (exact) mass is 234 g/mol. The second-order valence-electron chi connectivity index (χ2n) is 4.35. The molecule has 5 heteroatoms. The molecule has 0 bridgehead atoms. The lowest BCUT2D eigenvalue weighted by molar-refractivity contribution is 0.400. The summed E-state index contributed by atoms with van der Waals surface area (Å²) in [5.41, 5.74) is 0. The fraction of sp³-hybridized carbons (Fsp3) is 1.00. The molecule has 1 fully saturated rings. The van der Waals surface area contributed by atoms with Gasteiger partial charge in [-0.1, -0.05) is 6.92 Å². The van der Waals surface area contributed by atoms with Crippen molar-refractivity contribution in [3.63, 3.8) is 0 Å². The zero-order valence-corrected chi connectivity index (χ0v) is 10.5. The van der Waals surface area contributed by atoms with Crippen LogP contribution in [-0.2, 0) is 9.84 Å². The summed E-state index contributed by atoms with van der Waals surface area (Å²) in [5, 5.41) is 3.31. The van der Waals surface area contributed by atoms with Crippen LogP contribution in [0, 0.1) is 0 Å². The van der Waals surface area contributed by atoms with Gasteiger partial charge in [0.25, 0.3) is 0 Å². The number of nitrogens with zero attached hydrogens (tertiary/aromatic N) is 1. The average Bonchev–Trinajstić information content (AvgIpc) is 2.51. The molecule has 1 unspecified atom stereocenters. The molecule has 1 aliphatic rings. The van der Waals surface area contributed by atoms with Gasteiger partial charge in [-0.25, -0.2) is 8.42 Å². The third kappa shape index (κ3) is 4.95. The van der Waals surface area contributed by atoms with Gasteiger partial charge in [-0.2, -0.15) is 0 Å². The highest BCUT2D eigenvalue weighted by atomic mass is 32.2. The fourth-order valence-electron chi connectivity index (χ4n) is 1.93. The molecular formula is C10H22N2O2S. The maximum absolute atomic E-state index is 11.4. The van der Waals surface area contributed by atoms with Gasteiger partial charge in [0.2, 0.25) is 0 Å². The molecule has 1 atom stereocenters. The number of nitrogens with one attached hydrogen (secondary N) is 1. The molecule has 0 amide bonds. The largest absolute Gasteiger partial charge is 0.312 e. The van der Waals surface area contributed by atoms with Crippen LogP contribution in [0.5, 0.6) is 0 Å². The van der Waals surface area contributed by atoms with E-state index in [0.29, 0.717) is 24.8 Å². The van der Waals surface area contributed by atoms with Gasteiger partial charge in [-0.15, -0.1) is 0 Å². The topological polar surface area (TPSA) is 49.4 Å². The summed E-state index contributed by atoms with van der Waals surface area (Å²) in [6, 6.07) is 0.479. The van der Waals surface area contributed by atoms with Gasteiger partial charge in [0.15, 0.2) is 9.84 Å². The zero-order valence-electron chi connectivity index (χ0n) is 9.70. The summed E-state index contributed by atoms with van der Waals surface area (Å²) >= 11 is 0. The molecule has 90 valence electrons. The lowest BCUT2D eigenvalue weighted by Gasteiger charge is -2.12. The van der Waals surface area contributed by atoms with E-state index < -0.39 is 9.84 Å². The number of likely N-dealkylation sites (N-methyl/N-ethyl adjacent to an activating group) is 1. The van der Waals surface area contributed by atoms with Crippen LogP contribution >= 0.6 is 0 Å². The van der Waals surface area contributed by atoms with E-state index in [1.165, 1.54) is 0 Å². The summed E-state index contributed by atoms with van der Waals surface area (Å²) in [5.74, 6) is 0.598. The maximum Gasteiger partial charge on any atom is 0.151 e. The van der Waals surface area contributed by atoms with Crippen molar-refractivity contribution in [2.45, 2.75) is 25.8 Å². The Morgan fingerprint density at radius 1 is 1.40 bits per heavy atom. The van der Waals surface area contributed by atoms with E-state index in [-0.39, 0.29) is 5.75 Å². The van der Waals surface area contributed by atoms with E-state index in [1.807, 2.05) is 6.92 Å². The molecule has 0 aromatic heterocycles. The van der Waals surface area contributed by atoms with Crippen LogP contribution in [0.15, 0.2) is 0 Å². The van der Waals surface area contributed by atoms with E-state index in [2.05, 4.69) is 17.3 Å². The minimum Gasteiger partial charge on any atom is -0.312 e. The predicted molar refractivity (Wildman–Crippen MR) is 62.8 cm³/mol. The highest BCUT2D eigenvalue weighted by Gasteiger charge is 2.19. The number of hydrogen-bond acceptors (Lipinski definition) is 4. The first-order valence-corrected chi connectivity index (χ1v) is 7.48. The summed E-state index contributed by atoms with van der Waals surface area (Å²) in [4.78, 5) is 2.26. The van der Waals surface area contributed by atoms with Crippen LogP contribution in [0.4, 0.5) is 0 Å². The van der Waals surface area contributed by atoms with Gasteiger partial charge in [-0.05, 0) is 26.4 Å². The van der Waals surface area contributed by atoms with Crippen LogP contribution in [-0.4, -0.2) is 57.5 Å². The van der Waals surface area contributed by atoms with Crippen molar-refractivity contribution < 1.29 is 8.42 Å². The molecule has 0 aromatic rings. The summed E-state index contributed by atoms with van der Waals surface area (Å²) < 4.78 is 22.8. The Balaban J connectivity index is 2.16. The van der Waals surface area contributed by atoms with Crippen molar-refractivity contribution >= 4 is 9.84 Å². The van der Waals surface area contributed by atoms with E-state index in [4.69, 9.17) is 0 Å². The molecule has 0 spiro atoms.